The first-order valence-electron chi connectivity index (χ1n) is 6.34. The van der Waals surface area contributed by atoms with Gasteiger partial charge in [-0.25, -0.2) is 4.98 Å². The second-order valence-corrected chi connectivity index (χ2v) is 4.90. The standard InChI is InChI=1S/C13H19N3O/c1-9-7-12-13(15-10(9)2)16-5-4-14-8-11(16)3-6-17-12/h7,11,14H,3-6,8H2,1-2H3/t11-/m1/s1. The molecule has 0 amide bonds. The van der Waals surface area contributed by atoms with Gasteiger partial charge < -0.3 is 15.0 Å². The highest BCUT2D eigenvalue weighted by atomic mass is 16.5. The first kappa shape index (κ1) is 10.8. The molecule has 0 aliphatic carbocycles. The number of ether oxygens (including phenoxy) is 1. The Hall–Kier alpha value is -1.29. The van der Waals surface area contributed by atoms with E-state index in [1.807, 2.05) is 0 Å². The number of hydrogen-bond acceptors (Lipinski definition) is 4. The molecule has 0 saturated carbocycles. The fourth-order valence-electron chi connectivity index (χ4n) is 2.58. The van der Waals surface area contributed by atoms with Crippen LogP contribution in [-0.2, 0) is 0 Å². The lowest BCUT2D eigenvalue weighted by atomic mass is 10.1. The summed E-state index contributed by atoms with van der Waals surface area (Å²) in [5.74, 6) is 2.00. The number of fused-ring (bicyclic) bond motifs is 3. The smallest absolute Gasteiger partial charge is 0.171 e. The molecular weight excluding hydrogens is 214 g/mol. The lowest BCUT2D eigenvalue weighted by Gasteiger charge is -2.35. The number of anilines is 1. The molecule has 1 saturated heterocycles. The van der Waals surface area contributed by atoms with Crippen LogP contribution in [0.2, 0.25) is 0 Å². The van der Waals surface area contributed by atoms with Crippen molar-refractivity contribution in [3.05, 3.63) is 17.3 Å². The summed E-state index contributed by atoms with van der Waals surface area (Å²) in [6.07, 6.45) is 1.07. The third-order valence-corrected chi connectivity index (χ3v) is 3.74. The molecule has 0 aromatic carbocycles. The Morgan fingerprint density at radius 2 is 2.35 bits per heavy atom. The van der Waals surface area contributed by atoms with Crippen LogP contribution in [0.5, 0.6) is 5.75 Å². The molecule has 4 nitrogen and oxygen atoms in total. The number of rotatable bonds is 0. The third-order valence-electron chi connectivity index (χ3n) is 3.74. The maximum absolute atomic E-state index is 5.84. The van der Waals surface area contributed by atoms with E-state index in [-0.39, 0.29) is 0 Å². The average molecular weight is 233 g/mol. The van der Waals surface area contributed by atoms with Crippen LogP contribution in [-0.4, -0.2) is 37.3 Å². The van der Waals surface area contributed by atoms with E-state index < -0.39 is 0 Å². The number of aromatic nitrogens is 1. The van der Waals surface area contributed by atoms with Gasteiger partial charge in [-0.15, -0.1) is 0 Å². The van der Waals surface area contributed by atoms with Gasteiger partial charge in [0, 0.05) is 37.8 Å². The van der Waals surface area contributed by atoms with E-state index in [1.165, 1.54) is 5.56 Å². The average Bonchev–Trinajstić information content (AvgIpc) is 2.50. The number of hydrogen-bond donors (Lipinski definition) is 1. The highest BCUT2D eigenvalue weighted by Gasteiger charge is 2.28. The molecule has 1 N–H and O–H groups in total. The molecule has 92 valence electrons. The minimum Gasteiger partial charge on any atom is -0.490 e. The topological polar surface area (TPSA) is 37.4 Å². The molecular formula is C13H19N3O. The molecule has 17 heavy (non-hydrogen) atoms. The number of pyridine rings is 1. The predicted molar refractivity (Wildman–Crippen MR) is 67.8 cm³/mol. The van der Waals surface area contributed by atoms with E-state index in [1.54, 1.807) is 0 Å². The molecule has 3 rings (SSSR count). The lowest BCUT2D eigenvalue weighted by molar-refractivity contribution is 0.303. The zero-order valence-electron chi connectivity index (χ0n) is 10.5. The Labute approximate surface area is 102 Å². The molecule has 1 aromatic rings. The van der Waals surface area contributed by atoms with Crippen molar-refractivity contribution in [2.24, 2.45) is 0 Å². The fraction of sp³-hybridized carbons (Fsp3) is 0.615. The van der Waals surface area contributed by atoms with Crippen LogP contribution in [0.15, 0.2) is 6.07 Å². The van der Waals surface area contributed by atoms with E-state index in [4.69, 9.17) is 9.72 Å². The summed E-state index contributed by atoms with van der Waals surface area (Å²) in [4.78, 5) is 7.14. The Bertz CT molecular complexity index is 433. The van der Waals surface area contributed by atoms with Crippen molar-refractivity contribution < 1.29 is 4.74 Å². The Morgan fingerprint density at radius 3 is 3.24 bits per heavy atom. The van der Waals surface area contributed by atoms with Crippen molar-refractivity contribution in [1.82, 2.24) is 10.3 Å². The summed E-state index contributed by atoms with van der Waals surface area (Å²) in [5, 5.41) is 3.44. The van der Waals surface area contributed by atoms with Crippen LogP contribution in [0.4, 0.5) is 5.82 Å². The quantitative estimate of drug-likeness (QED) is 0.732. The molecule has 2 aliphatic heterocycles. The van der Waals surface area contributed by atoms with Crippen molar-refractivity contribution in [1.29, 1.82) is 0 Å². The number of nitrogens with one attached hydrogen (secondary N) is 1. The van der Waals surface area contributed by atoms with E-state index in [9.17, 15) is 0 Å². The van der Waals surface area contributed by atoms with Gasteiger partial charge in [0.15, 0.2) is 11.6 Å². The van der Waals surface area contributed by atoms with Gasteiger partial charge in [0.1, 0.15) is 0 Å². The van der Waals surface area contributed by atoms with Gasteiger partial charge in [0.25, 0.3) is 0 Å². The Morgan fingerprint density at radius 1 is 1.47 bits per heavy atom. The minimum atomic E-state index is 0.527. The number of nitrogens with zero attached hydrogens (tertiary/aromatic N) is 2. The van der Waals surface area contributed by atoms with Crippen molar-refractivity contribution in [2.75, 3.05) is 31.1 Å². The van der Waals surface area contributed by atoms with Gasteiger partial charge in [-0.1, -0.05) is 0 Å². The summed E-state index contributed by atoms with van der Waals surface area (Å²) < 4.78 is 5.84. The molecule has 0 bridgehead atoms. The molecule has 1 aromatic heterocycles. The van der Waals surface area contributed by atoms with Gasteiger partial charge in [-0.2, -0.15) is 0 Å². The maximum atomic E-state index is 5.84. The van der Waals surface area contributed by atoms with Crippen molar-refractivity contribution in [3.8, 4) is 5.75 Å². The van der Waals surface area contributed by atoms with Crippen molar-refractivity contribution in [2.45, 2.75) is 26.3 Å². The van der Waals surface area contributed by atoms with Crippen LogP contribution in [0, 0.1) is 13.8 Å². The van der Waals surface area contributed by atoms with Crippen molar-refractivity contribution >= 4 is 5.82 Å². The fourth-order valence-corrected chi connectivity index (χ4v) is 2.58. The van der Waals surface area contributed by atoms with Crippen molar-refractivity contribution in [3.63, 3.8) is 0 Å². The van der Waals surface area contributed by atoms with Crippen LogP contribution in [0.1, 0.15) is 17.7 Å². The maximum Gasteiger partial charge on any atom is 0.171 e. The monoisotopic (exact) mass is 233 g/mol. The molecule has 0 unspecified atom stereocenters. The van der Waals surface area contributed by atoms with E-state index in [0.717, 1.165) is 49.9 Å². The van der Waals surface area contributed by atoms with E-state index in [2.05, 4.69) is 30.1 Å². The van der Waals surface area contributed by atoms with Gasteiger partial charge >= 0.3 is 0 Å². The molecule has 3 heterocycles. The second kappa shape index (κ2) is 4.18. The zero-order chi connectivity index (χ0) is 11.8. The van der Waals surface area contributed by atoms with Gasteiger partial charge in [-0.3, -0.25) is 0 Å². The summed E-state index contributed by atoms with van der Waals surface area (Å²) >= 11 is 0. The third kappa shape index (κ3) is 1.86. The summed E-state index contributed by atoms with van der Waals surface area (Å²) in [6.45, 7) is 8.04. The minimum absolute atomic E-state index is 0.527. The highest BCUT2D eigenvalue weighted by Crippen LogP contribution is 2.33. The highest BCUT2D eigenvalue weighted by molar-refractivity contribution is 5.56. The normalized spacial score (nSPS) is 23.4. The molecule has 4 heteroatoms. The molecule has 0 radical (unpaired) electrons. The Kier molecular flexibility index (Phi) is 2.67. The summed E-state index contributed by atoms with van der Waals surface area (Å²) in [7, 11) is 0. The van der Waals surface area contributed by atoms with Crippen LogP contribution >= 0.6 is 0 Å². The molecule has 0 spiro atoms. The summed E-state index contributed by atoms with van der Waals surface area (Å²) in [5.41, 5.74) is 2.31. The van der Waals surface area contributed by atoms with Crippen LogP contribution < -0.4 is 15.0 Å². The predicted octanol–water partition coefficient (Wildman–Crippen LogP) is 1.26. The van der Waals surface area contributed by atoms with E-state index in [0.29, 0.717) is 6.04 Å². The first-order valence-corrected chi connectivity index (χ1v) is 6.34. The van der Waals surface area contributed by atoms with Gasteiger partial charge in [-0.05, 0) is 25.5 Å². The van der Waals surface area contributed by atoms with E-state index >= 15 is 0 Å². The van der Waals surface area contributed by atoms with Gasteiger partial charge in [0.05, 0.1) is 6.61 Å². The first-order chi connectivity index (χ1) is 8.25. The molecule has 1 fully saturated rings. The van der Waals surface area contributed by atoms with Crippen LogP contribution in [0.25, 0.3) is 0 Å². The Balaban J connectivity index is 2.05. The summed E-state index contributed by atoms with van der Waals surface area (Å²) in [6, 6.07) is 2.65. The SMILES string of the molecule is Cc1cc2c(nc1C)N1CCNC[C@H]1CCO2. The number of piperazine rings is 1. The number of aryl methyl sites for hydroxylation is 2. The molecule has 1 atom stereocenters. The lowest BCUT2D eigenvalue weighted by Crippen LogP contribution is -2.51. The molecule has 2 aliphatic rings. The van der Waals surface area contributed by atoms with Crippen LogP contribution in [0.3, 0.4) is 0 Å². The largest absolute Gasteiger partial charge is 0.490 e. The second-order valence-electron chi connectivity index (χ2n) is 4.90. The zero-order valence-corrected chi connectivity index (χ0v) is 10.5. The van der Waals surface area contributed by atoms with Gasteiger partial charge in [0.2, 0.25) is 0 Å².